The topological polar surface area (TPSA) is 97.1 Å². The van der Waals surface area contributed by atoms with Gasteiger partial charge in [-0.15, -0.1) is 12.4 Å². The third kappa shape index (κ3) is 5.46. The van der Waals surface area contributed by atoms with Crippen molar-refractivity contribution in [2.75, 3.05) is 11.1 Å². The molecule has 0 saturated heterocycles. The number of nitrogens with one attached hydrogen (secondary N) is 2. The van der Waals surface area contributed by atoms with Crippen LogP contribution in [0, 0.1) is 12.8 Å². The SMILES string of the molecule is Cc1ccccc1C(=O)NC(C(=O)Nc1ccc(N)nc1)C(C)C.Cl. The van der Waals surface area contributed by atoms with Gasteiger partial charge in [0.15, 0.2) is 0 Å². The van der Waals surface area contributed by atoms with Gasteiger partial charge in [0.05, 0.1) is 11.9 Å². The van der Waals surface area contributed by atoms with Crippen LogP contribution in [0.1, 0.15) is 29.8 Å². The maximum Gasteiger partial charge on any atom is 0.252 e. The van der Waals surface area contributed by atoms with Crippen LogP contribution in [0.4, 0.5) is 11.5 Å². The van der Waals surface area contributed by atoms with Crippen molar-refractivity contribution in [1.82, 2.24) is 10.3 Å². The summed E-state index contributed by atoms with van der Waals surface area (Å²) >= 11 is 0. The van der Waals surface area contributed by atoms with Crippen LogP contribution in [-0.2, 0) is 4.79 Å². The Morgan fingerprint density at radius 3 is 2.36 bits per heavy atom. The molecular weight excluding hydrogens is 340 g/mol. The number of pyridine rings is 1. The summed E-state index contributed by atoms with van der Waals surface area (Å²) in [7, 11) is 0. The summed E-state index contributed by atoms with van der Waals surface area (Å²) in [6.45, 7) is 5.62. The summed E-state index contributed by atoms with van der Waals surface area (Å²) in [5, 5.41) is 5.56. The molecule has 0 aliphatic carbocycles. The van der Waals surface area contributed by atoms with E-state index in [1.807, 2.05) is 32.9 Å². The molecule has 1 heterocycles. The Bertz CT molecular complexity index is 732. The van der Waals surface area contributed by atoms with Crippen LogP contribution >= 0.6 is 12.4 Å². The molecule has 0 radical (unpaired) electrons. The molecule has 2 amide bonds. The van der Waals surface area contributed by atoms with Crippen LogP contribution in [0.3, 0.4) is 0 Å². The van der Waals surface area contributed by atoms with E-state index in [4.69, 9.17) is 5.73 Å². The van der Waals surface area contributed by atoms with E-state index in [1.165, 1.54) is 6.20 Å². The van der Waals surface area contributed by atoms with E-state index in [9.17, 15) is 9.59 Å². The van der Waals surface area contributed by atoms with Crippen molar-refractivity contribution in [2.45, 2.75) is 26.8 Å². The first-order chi connectivity index (χ1) is 11.4. The third-order valence-electron chi connectivity index (χ3n) is 3.68. The smallest absolute Gasteiger partial charge is 0.252 e. The van der Waals surface area contributed by atoms with E-state index < -0.39 is 6.04 Å². The van der Waals surface area contributed by atoms with Crippen molar-refractivity contribution in [3.05, 3.63) is 53.7 Å². The molecule has 2 aromatic rings. The minimum absolute atomic E-state index is 0. The number of rotatable bonds is 5. The molecule has 0 aliphatic rings. The minimum Gasteiger partial charge on any atom is -0.384 e. The van der Waals surface area contributed by atoms with Gasteiger partial charge in [-0.25, -0.2) is 4.98 Å². The number of aryl methyl sites for hydroxylation is 1. The monoisotopic (exact) mass is 362 g/mol. The van der Waals surface area contributed by atoms with Crippen LogP contribution in [0.25, 0.3) is 0 Å². The molecule has 25 heavy (non-hydrogen) atoms. The number of aromatic nitrogens is 1. The number of carbonyl (C=O) groups excluding carboxylic acids is 2. The molecule has 7 heteroatoms. The fourth-order valence-electron chi connectivity index (χ4n) is 2.28. The van der Waals surface area contributed by atoms with Crippen molar-refractivity contribution in [3.63, 3.8) is 0 Å². The highest BCUT2D eigenvalue weighted by atomic mass is 35.5. The van der Waals surface area contributed by atoms with E-state index >= 15 is 0 Å². The first kappa shape index (κ1) is 20.4. The quantitative estimate of drug-likeness (QED) is 0.761. The predicted octanol–water partition coefficient (Wildman–Crippen LogP) is 2.79. The summed E-state index contributed by atoms with van der Waals surface area (Å²) in [6, 6.07) is 9.88. The maximum absolute atomic E-state index is 12.5. The van der Waals surface area contributed by atoms with Crippen molar-refractivity contribution in [1.29, 1.82) is 0 Å². The van der Waals surface area contributed by atoms with Gasteiger partial charge < -0.3 is 16.4 Å². The van der Waals surface area contributed by atoms with E-state index in [0.717, 1.165) is 5.56 Å². The number of nitrogen functional groups attached to an aromatic ring is 1. The Morgan fingerprint density at radius 1 is 1.12 bits per heavy atom. The van der Waals surface area contributed by atoms with Gasteiger partial charge in [-0.05, 0) is 36.6 Å². The molecule has 1 aromatic heterocycles. The van der Waals surface area contributed by atoms with Crippen molar-refractivity contribution in [3.8, 4) is 0 Å². The summed E-state index contributed by atoms with van der Waals surface area (Å²) in [5.74, 6) is -0.253. The zero-order valence-corrected chi connectivity index (χ0v) is 15.3. The summed E-state index contributed by atoms with van der Waals surface area (Å²) in [5.41, 5.74) is 7.48. The number of hydrogen-bond acceptors (Lipinski definition) is 4. The van der Waals surface area contributed by atoms with Gasteiger partial charge in [-0.1, -0.05) is 32.0 Å². The number of hydrogen-bond donors (Lipinski definition) is 3. The van der Waals surface area contributed by atoms with E-state index in [0.29, 0.717) is 17.1 Å². The molecule has 6 nitrogen and oxygen atoms in total. The second kappa shape index (κ2) is 9.03. The highest BCUT2D eigenvalue weighted by molar-refractivity contribution is 6.01. The number of anilines is 2. The molecule has 0 fully saturated rings. The Labute approximate surface area is 153 Å². The van der Waals surface area contributed by atoms with Gasteiger partial charge in [0, 0.05) is 5.56 Å². The molecule has 1 aromatic carbocycles. The van der Waals surface area contributed by atoms with Gasteiger partial charge in [-0.3, -0.25) is 9.59 Å². The molecule has 0 bridgehead atoms. The van der Waals surface area contributed by atoms with Crippen LogP contribution < -0.4 is 16.4 Å². The van der Waals surface area contributed by atoms with E-state index in [2.05, 4.69) is 15.6 Å². The van der Waals surface area contributed by atoms with Gasteiger partial charge in [0.1, 0.15) is 11.9 Å². The fraction of sp³-hybridized carbons (Fsp3) is 0.278. The van der Waals surface area contributed by atoms with Crippen LogP contribution in [0.2, 0.25) is 0 Å². The summed E-state index contributed by atoms with van der Waals surface area (Å²) in [6.07, 6.45) is 1.48. The average molecular weight is 363 g/mol. The Hall–Kier alpha value is -2.60. The van der Waals surface area contributed by atoms with E-state index in [-0.39, 0.29) is 30.1 Å². The van der Waals surface area contributed by atoms with Crippen LogP contribution in [-0.4, -0.2) is 22.8 Å². The Balaban J connectivity index is 0.00000312. The zero-order chi connectivity index (χ0) is 17.7. The van der Waals surface area contributed by atoms with Gasteiger partial charge in [0.2, 0.25) is 5.91 Å². The van der Waals surface area contributed by atoms with Crippen LogP contribution in [0.5, 0.6) is 0 Å². The maximum atomic E-state index is 12.5. The summed E-state index contributed by atoms with van der Waals surface area (Å²) < 4.78 is 0. The lowest BCUT2D eigenvalue weighted by Crippen LogP contribution is -2.47. The largest absolute Gasteiger partial charge is 0.384 e. The number of amides is 2. The van der Waals surface area contributed by atoms with Crippen molar-refractivity contribution in [2.24, 2.45) is 5.92 Å². The van der Waals surface area contributed by atoms with E-state index in [1.54, 1.807) is 24.3 Å². The van der Waals surface area contributed by atoms with Gasteiger partial charge in [-0.2, -0.15) is 0 Å². The number of nitrogens with two attached hydrogens (primary N) is 1. The molecule has 0 aliphatic heterocycles. The molecule has 2 rings (SSSR count). The lowest BCUT2D eigenvalue weighted by Gasteiger charge is -2.22. The molecular formula is C18H23ClN4O2. The number of carbonyl (C=O) groups is 2. The third-order valence-corrected chi connectivity index (χ3v) is 3.68. The Kier molecular flexibility index (Phi) is 7.39. The zero-order valence-electron chi connectivity index (χ0n) is 14.4. The molecule has 1 atom stereocenters. The van der Waals surface area contributed by atoms with Crippen molar-refractivity contribution < 1.29 is 9.59 Å². The molecule has 0 spiro atoms. The second-order valence-corrected chi connectivity index (χ2v) is 5.97. The highest BCUT2D eigenvalue weighted by Gasteiger charge is 2.25. The molecule has 134 valence electrons. The fourth-order valence-corrected chi connectivity index (χ4v) is 2.28. The Morgan fingerprint density at radius 2 is 1.80 bits per heavy atom. The number of benzene rings is 1. The first-order valence-corrected chi connectivity index (χ1v) is 7.77. The van der Waals surface area contributed by atoms with Gasteiger partial charge in [0.25, 0.3) is 5.91 Å². The molecule has 0 saturated carbocycles. The van der Waals surface area contributed by atoms with Gasteiger partial charge >= 0.3 is 0 Å². The highest BCUT2D eigenvalue weighted by Crippen LogP contribution is 2.12. The summed E-state index contributed by atoms with van der Waals surface area (Å²) in [4.78, 5) is 28.9. The normalized spacial score (nSPS) is 11.4. The minimum atomic E-state index is -0.658. The van der Waals surface area contributed by atoms with Crippen LogP contribution in [0.15, 0.2) is 42.6 Å². The first-order valence-electron chi connectivity index (χ1n) is 7.77. The number of halogens is 1. The number of nitrogens with zero attached hydrogens (tertiary/aromatic N) is 1. The molecule has 1 unspecified atom stereocenters. The standard InChI is InChI=1S/C18H22N4O2.ClH/c1-11(2)16(18(24)21-13-8-9-15(19)20-10-13)22-17(23)14-7-5-4-6-12(14)3;/h4-11,16H,1-3H3,(H2,19,20)(H,21,24)(H,22,23);1H. The second-order valence-electron chi connectivity index (χ2n) is 5.97. The average Bonchev–Trinajstić information content (AvgIpc) is 2.54. The predicted molar refractivity (Wildman–Crippen MR) is 102 cm³/mol. The lowest BCUT2D eigenvalue weighted by atomic mass is 10.0. The van der Waals surface area contributed by atoms with Crippen molar-refractivity contribution >= 4 is 35.7 Å². The lowest BCUT2D eigenvalue weighted by molar-refractivity contribution is -0.118. The molecule has 4 N–H and O–H groups in total.